The van der Waals surface area contributed by atoms with Crippen molar-refractivity contribution >= 4 is 11.8 Å². The molecule has 1 amide bonds. The van der Waals surface area contributed by atoms with Crippen molar-refractivity contribution < 1.29 is 14.0 Å². The number of halogens is 1. The average molecular weight is 131 g/mol. The summed E-state index contributed by atoms with van der Waals surface area (Å²) in [6.45, 7) is 0. The third-order valence-corrected chi connectivity index (χ3v) is 0.684. The molecule has 0 spiro atoms. The Labute approximate surface area is 51.8 Å². The van der Waals surface area contributed by atoms with Gasteiger partial charge in [-0.3, -0.25) is 4.79 Å². The van der Waals surface area contributed by atoms with Gasteiger partial charge in [-0.15, -0.1) is 0 Å². The van der Waals surface area contributed by atoms with Crippen LogP contribution < -0.4 is 0 Å². The van der Waals surface area contributed by atoms with Crippen molar-refractivity contribution in [2.24, 2.45) is 0 Å². The van der Waals surface area contributed by atoms with Crippen molar-refractivity contribution in [3.8, 4) is 0 Å². The lowest BCUT2D eigenvalue weighted by molar-refractivity contribution is -0.126. The van der Waals surface area contributed by atoms with Gasteiger partial charge in [-0.2, -0.15) is 4.39 Å². The summed E-state index contributed by atoms with van der Waals surface area (Å²) < 4.78 is 11.9. The number of carbonyl (C=O) groups is 1. The monoisotopic (exact) mass is 131 g/mol. The van der Waals surface area contributed by atoms with Crippen LogP contribution in [0.2, 0.25) is 0 Å². The number of hydrogen-bond acceptors (Lipinski definition) is 2. The Balaban J connectivity index is 4.23. The fourth-order valence-corrected chi connectivity index (χ4v) is 0.240. The minimum Gasteiger partial charge on any atom is -0.342 e. The SMILES string of the molecule is CN(C)C(=O)C(F)=C=O. The highest BCUT2D eigenvalue weighted by Crippen LogP contribution is 1.92. The van der Waals surface area contributed by atoms with Gasteiger partial charge in [-0.05, 0) is 0 Å². The second-order valence-electron chi connectivity index (χ2n) is 1.62. The van der Waals surface area contributed by atoms with Gasteiger partial charge in [0.2, 0.25) is 0 Å². The molecule has 0 bridgehead atoms. The van der Waals surface area contributed by atoms with E-state index in [1.165, 1.54) is 14.1 Å². The van der Waals surface area contributed by atoms with Crippen LogP contribution in [-0.4, -0.2) is 30.8 Å². The number of likely N-dealkylation sites (N-methyl/N-ethyl adjacent to an activating group) is 1. The molecule has 0 aromatic rings. The lowest BCUT2D eigenvalue weighted by Gasteiger charge is -2.04. The fourth-order valence-electron chi connectivity index (χ4n) is 0.240. The molecule has 0 atom stereocenters. The minimum absolute atomic E-state index is 0.855. The van der Waals surface area contributed by atoms with E-state index in [9.17, 15) is 14.0 Å². The largest absolute Gasteiger partial charge is 0.342 e. The van der Waals surface area contributed by atoms with Crippen LogP contribution in [0, 0.1) is 0 Å². The molecule has 0 rings (SSSR count). The summed E-state index contributed by atoms with van der Waals surface area (Å²) in [7, 11) is 2.69. The Bertz CT molecular complexity index is 170. The Hall–Kier alpha value is -1.15. The van der Waals surface area contributed by atoms with Gasteiger partial charge in [0.1, 0.15) is 0 Å². The van der Waals surface area contributed by atoms with Crippen molar-refractivity contribution in [2.75, 3.05) is 14.1 Å². The van der Waals surface area contributed by atoms with Crippen LogP contribution >= 0.6 is 0 Å². The Morgan fingerprint density at radius 3 is 2.11 bits per heavy atom. The lowest BCUT2D eigenvalue weighted by atomic mass is 10.5. The molecule has 0 saturated heterocycles. The molecule has 9 heavy (non-hydrogen) atoms. The standard InChI is InChI=1S/C5H6FNO2/c1-7(2)5(9)4(6)3-8/h1-2H3. The first kappa shape index (κ1) is 7.85. The van der Waals surface area contributed by atoms with E-state index in [1.807, 2.05) is 0 Å². The molecule has 0 aliphatic heterocycles. The predicted octanol–water partition coefficient (Wildman–Crippen LogP) is -0.240. The first-order chi connectivity index (χ1) is 4.09. The van der Waals surface area contributed by atoms with E-state index in [0.29, 0.717) is 0 Å². The lowest BCUT2D eigenvalue weighted by Crippen LogP contribution is -2.22. The summed E-state index contributed by atoms with van der Waals surface area (Å²) in [5.41, 5.74) is 0. The van der Waals surface area contributed by atoms with Crippen LogP contribution in [0.15, 0.2) is 5.83 Å². The van der Waals surface area contributed by atoms with Crippen LogP contribution in [0.3, 0.4) is 0 Å². The van der Waals surface area contributed by atoms with E-state index < -0.39 is 11.7 Å². The molecule has 0 radical (unpaired) electrons. The molecular formula is C5H6FNO2. The molecule has 4 heteroatoms. The molecular weight excluding hydrogens is 125 g/mol. The van der Waals surface area contributed by atoms with Crippen LogP contribution in [0.4, 0.5) is 4.39 Å². The second-order valence-corrected chi connectivity index (χ2v) is 1.62. The maximum Gasteiger partial charge on any atom is 0.293 e. The number of hydrogen-bond donors (Lipinski definition) is 0. The summed E-state index contributed by atoms with van der Waals surface area (Å²) in [5, 5.41) is 0. The first-order valence-corrected chi connectivity index (χ1v) is 2.22. The molecule has 0 fully saturated rings. The van der Waals surface area contributed by atoms with E-state index in [2.05, 4.69) is 0 Å². The number of carbonyl (C=O) groups excluding carboxylic acids is 2. The number of nitrogens with zero attached hydrogens (tertiary/aromatic N) is 1. The summed E-state index contributed by atoms with van der Waals surface area (Å²) in [4.78, 5) is 20.8. The summed E-state index contributed by atoms with van der Waals surface area (Å²) in [6.07, 6.45) is 0. The smallest absolute Gasteiger partial charge is 0.293 e. The second kappa shape index (κ2) is 2.99. The summed E-state index contributed by atoms with van der Waals surface area (Å²) in [6, 6.07) is 0. The Morgan fingerprint density at radius 2 is 2.00 bits per heavy atom. The van der Waals surface area contributed by atoms with Gasteiger partial charge in [-0.1, -0.05) is 0 Å². The van der Waals surface area contributed by atoms with Crippen LogP contribution in [0.25, 0.3) is 0 Å². The van der Waals surface area contributed by atoms with Gasteiger partial charge in [0.25, 0.3) is 11.7 Å². The van der Waals surface area contributed by atoms with Gasteiger partial charge >= 0.3 is 0 Å². The van der Waals surface area contributed by atoms with Crippen LogP contribution in [0.5, 0.6) is 0 Å². The zero-order chi connectivity index (χ0) is 7.44. The summed E-state index contributed by atoms with van der Waals surface area (Å²) in [5.74, 6) is -1.49. The zero-order valence-electron chi connectivity index (χ0n) is 5.14. The van der Waals surface area contributed by atoms with Crippen molar-refractivity contribution in [3.05, 3.63) is 5.83 Å². The molecule has 0 aromatic heterocycles. The molecule has 0 N–H and O–H groups in total. The molecule has 0 aliphatic carbocycles. The normalized spacial score (nSPS) is 7.89. The summed E-state index contributed by atoms with van der Waals surface area (Å²) >= 11 is 0. The van der Waals surface area contributed by atoms with Gasteiger partial charge in [0.15, 0.2) is 5.94 Å². The maximum absolute atomic E-state index is 11.9. The van der Waals surface area contributed by atoms with Gasteiger partial charge in [0, 0.05) is 14.1 Å². The number of amides is 1. The van der Waals surface area contributed by atoms with E-state index >= 15 is 0 Å². The van der Waals surface area contributed by atoms with E-state index in [0.717, 1.165) is 10.8 Å². The Morgan fingerprint density at radius 1 is 1.56 bits per heavy atom. The fraction of sp³-hybridized carbons (Fsp3) is 0.400. The van der Waals surface area contributed by atoms with Crippen molar-refractivity contribution in [1.29, 1.82) is 0 Å². The third-order valence-electron chi connectivity index (χ3n) is 0.684. The molecule has 0 aliphatic rings. The third kappa shape index (κ3) is 2.06. The van der Waals surface area contributed by atoms with Crippen molar-refractivity contribution in [3.63, 3.8) is 0 Å². The molecule has 0 heterocycles. The minimum atomic E-state index is -1.39. The highest BCUT2D eigenvalue weighted by molar-refractivity contribution is 5.97. The molecule has 0 saturated carbocycles. The van der Waals surface area contributed by atoms with Gasteiger partial charge in [0.05, 0.1) is 0 Å². The topological polar surface area (TPSA) is 37.4 Å². The van der Waals surface area contributed by atoms with E-state index in [-0.39, 0.29) is 0 Å². The molecule has 50 valence electrons. The highest BCUT2D eigenvalue weighted by atomic mass is 19.1. The van der Waals surface area contributed by atoms with E-state index in [4.69, 9.17) is 0 Å². The van der Waals surface area contributed by atoms with Crippen molar-refractivity contribution in [1.82, 2.24) is 4.90 Å². The van der Waals surface area contributed by atoms with Gasteiger partial charge in [-0.25, -0.2) is 4.79 Å². The quantitative estimate of drug-likeness (QED) is 0.364. The Kier molecular flexibility index (Phi) is 2.61. The average Bonchev–Trinajstić information content (AvgIpc) is 1.84. The molecule has 3 nitrogen and oxygen atoms in total. The zero-order valence-corrected chi connectivity index (χ0v) is 5.14. The van der Waals surface area contributed by atoms with Crippen LogP contribution in [-0.2, 0) is 9.59 Å². The van der Waals surface area contributed by atoms with E-state index in [1.54, 1.807) is 0 Å². The maximum atomic E-state index is 11.9. The predicted molar refractivity (Wildman–Crippen MR) is 29.0 cm³/mol. The molecule has 0 unspecified atom stereocenters. The number of rotatable bonds is 1. The molecule has 0 aromatic carbocycles. The highest BCUT2D eigenvalue weighted by Gasteiger charge is 2.10. The van der Waals surface area contributed by atoms with Gasteiger partial charge < -0.3 is 4.90 Å². The van der Waals surface area contributed by atoms with Crippen LogP contribution in [0.1, 0.15) is 0 Å². The van der Waals surface area contributed by atoms with Crippen molar-refractivity contribution in [2.45, 2.75) is 0 Å². The first-order valence-electron chi connectivity index (χ1n) is 2.22.